The van der Waals surface area contributed by atoms with E-state index in [4.69, 9.17) is 9.47 Å². The van der Waals surface area contributed by atoms with Crippen LogP contribution in [0.1, 0.15) is 28.8 Å². The van der Waals surface area contributed by atoms with Crippen molar-refractivity contribution in [1.29, 1.82) is 0 Å². The molecular weight excluding hydrogens is 398 g/mol. The van der Waals surface area contributed by atoms with Crippen LogP contribution in [0.2, 0.25) is 0 Å². The molecule has 2 saturated heterocycles. The first-order valence-electron chi connectivity index (χ1n) is 10.5. The highest BCUT2D eigenvalue weighted by Crippen LogP contribution is 2.27. The van der Waals surface area contributed by atoms with Gasteiger partial charge in [0.25, 0.3) is 5.91 Å². The number of imidazole rings is 1. The number of rotatable bonds is 5. The largest absolute Gasteiger partial charge is 0.350 e. The number of hydrogen-bond donors (Lipinski definition) is 1. The molecule has 30 heavy (non-hydrogen) atoms. The van der Waals surface area contributed by atoms with Crippen LogP contribution in [0.3, 0.4) is 0 Å². The number of aromatic nitrogens is 2. The molecule has 0 bridgehead atoms. The first-order valence-corrected chi connectivity index (χ1v) is 11.4. The summed E-state index contributed by atoms with van der Waals surface area (Å²) in [6.45, 7) is 2.89. The number of nitrogens with zero attached hydrogens (tertiary/aromatic N) is 2. The van der Waals surface area contributed by atoms with Crippen molar-refractivity contribution in [2.24, 2.45) is 5.92 Å². The molecule has 156 valence electrons. The highest BCUT2D eigenvalue weighted by Gasteiger charge is 2.31. The average Bonchev–Trinajstić information content (AvgIpc) is 3.47. The smallest absolute Gasteiger partial charge is 0.253 e. The molecule has 1 N–H and O–H groups in total. The van der Waals surface area contributed by atoms with Gasteiger partial charge in [-0.05, 0) is 42.7 Å². The van der Waals surface area contributed by atoms with Gasteiger partial charge in [0.1, 0.15) is 0 Å². The van der Waals surface area contributed by atoms with Crippen LogP contribution in [0, 0.1) is 5.92 Å². The van der Waals surface area contributed by atoms with Crippen molar-refractivity contribution in [3.05, 3.63) is 59.7 Å². The molecule has 3 heterocycles. The van der Waals surface area contributed by atoms with Crippen LogP contribution < -0.4 is 0 Å². The van der Waals surface area contributed by atoms with Crippen molar-refractivity contribution < 1.29 is 14.3 Å². The number of amides is 1. The number of ether oxygens (including phenoxy) is 2. The highest BCUT2D eigenvalue weighted by molar-refractivity contribution is 7.98. The minimum absolute atomic E-state index is 0.0780. The summed E-state index contributed by atoms with van der Waals surface area (Å²) in [5.41, 5.74) is 3.96. The van der Waals surface area contributed by atoms with Gasteiger partial charge in [-0.2, -0.15) is 0 Å². The number of para-hydroxylation sites is 2. The molecule has 2 fully saturated rings. The summed E-state index contributed by atoms with van der Waals surface area (Å²) in [7, 11) is 0. The second-order valence-corrected chi connectivity index (χ2v) is 8.75. The quantitative estimate of drug-likeness (QED) is 0.627. The Kier molecular flexibility index (Phi) is 5.75. The average molecular weight is 424 g/mol. The molecule has 0 saturated carbocycles. The maximum Gasteiger partial charge on any atom is 0.253 e. The summed E-state index contributed by atoms with van der Waals surface area (Å²) in [4.78, 5) is 22.7. The monoisotopic (exact) mass is 423 g/mol. The Balaban J connectivity index is 1.15. The van der Waals surface area contributed by atoms with Crippen LogP contribution in [0.25, 0.3) is 11.0 Å². The lowest BCUT2D eigenvalue weighted by molar-refractivity contribution is -0.0956. The minimum Gasteiger partial charge on any atom is -0.350 e. The van der Waals surface area contributed by atoms with Crippen LogP contribution in [0.4, 0.5) is 0 Å². The van der Waals surface area contributed by atoms with Gasteiger partial charge in [-0.1, -0.05) is 36.0 Å². The number of nitrogens with one attached hydrogen (secondary N) is 1. The summed E-state index contributed by atoms with van der Waals surface area (Å²) in [5, 5.41) is 0.912. The molecule has 7 heteroatoms. The number of aromatic amines is 1. The predicted octanol–water partition coefficient (Wildman–Crippen LogP) is 4.08. The molecule has 0 atom stereocenters. The lowest BCUT2D eigenvalue weighted by Gasteiger charge is -2.33. The SMILES string of the molecule is O=C(c1ccc(CSc2nc3ccccc3[nH]2)cc1)N1CCC(C2OCCO2)CC1. The van der Waals surface area contributed by atoms with Crippen LogP contribution in [-0.2, 0) is 15.2 Å². The van der Waals surface area contributed by atoms with Crippen molar-refractivity contribution in [3.8, 4) is 0 Å². The van der Waals surface area contributed by atoms with E-state index >= 15 is 0 Å². The number of thioether (sulfide) groups is 1. The first kappa shape index (κ1) is 19.6. The summed E-state index contributed by atoms with van der Waals surface area (Å²) in [5.74, 6) is 1.31. The molecule has 6 nitrogen and oxygen atoms in total. The van der Waals surface area contributed by atoms with Crippen LogP contribution in [0.5, 0.6) is 0 Å². The van der Waals surface area contributed by atoms with Gasteiger partial charge in [-0.3, -0.25) is 4.79 Å². The fourth-order valence-corrected chi connectivity index (χ4v) is 4.94. The zero-order chi connectivity index (χ0) is 20.3. The molecular formula is C23H25N3O3S. The number of carbonyl (C=O) groups is 1. The van der Waals surface area contributed by atoms with E-state index in [0.717, 1.165) is 53.4 Å². The summed E-state index contributed by atoms with van der Waals surface area (Å²) < 4.78 is 11.2. The third-order valence-corrected chi connectivity index (χ3v) is 6.75. The van der Waals surface area contributed by atoms with E-state index in [2.05, 4.69) is 9.97 Å². The topological polar surface area (TPSA) is 67.5 Å². The van der Waals surface area contributed by atoms with Gasteiger partial charge in [0.15, 0.2) is 11.4 Å². The zero-order valence-electron chi connectivity index (χ0n) is 16.8. The van der Waals surface area contributed by atoms with Gasteiger partial charge in [0.2, 0.25) is 0 Å². The lowest BCUT2D eigenvalue weighted by Crippen LogP contribution is -2.41. The highest BCUT2D eigenvalue weighted by atomic mass is 32.2. The van der Waals surface area contributed by atoms with Crippen molar-refractivity contribution in [2.45, 2.75) is 30.0 Å². The van der Waals surface area contributed by atoms with Crippen LogP contribution >= 0.6 is 11.8 Å². The Morgan fingerprint density at radius 3 is 2.53 bits per heavy atom. The standard InChI is InChI=1S/C23H25N3O3S/c27-21(26-11-9-18(10-12-26)22-28-13-14-29-22)17-7-5-16(6-8-17)15-30-23-24-19-3-1-2-4-20(19)25-23/h1-8,18,22H,9-15H2,(H,24,25). The van der Waals surface area contributed by atoms with Gasteiger partial charge in [-0.15, -0.1) is 0 Å². The maximum atomic E-state index is 12.9. The van der Waals surface area contributed by atoms with E-state index < -0.39 is 0 Å². The number of piperidine rings is 1. The Hall–Kier alpha value is -2.35. The molecule has 0 radical (unpaired) electrons. The minimum atomic E-state index is -0.0780. The van der Waals surface area contributed by atoms with E-state index in [9.17, 15) is 4.79 Å². The molecule has 2 aromatic carbocycles. The normalized spacial score (nSPS) is 18.3. The van der Waals surface area contributed by atoms with Crippen molar-refractivity contribution >= 4 is 28.7 Å². The van der Waals surface area contributed by atoms with Gasteiger partial charge >= 0.3 is 0 Å². The number of likely N-dealkylation sites (tertiary alicyclic amines) is 1. The number of fused-ring (bicyclic) bond motifs is 1. The molecule has 1 aromatic heterocycles. The lowest BCUT2D eigenvalue weighted by atomic mass is 9.95. The molecule has 2 aliphatic heterocycles. The van der Waals surface area contributed by atoms with Crippen molar-refractivity contribution in [3.63, 3.8) is 0 Å². The van der Waals surface area contributed by atoms with Gasteiger partial charge in [0.05, 0.1) is 24.2 Å². The number of hydrogen-bond acceptors (Lipinski definition) is 5. The summed E-state index contributed by atoms with van der Waals surface area (Å²) in [6.07, 6.45) is 1.79. The van der Waals surface area contributed by atoms with E-state index in [1.807, 2.05) is 53.4 Å². The Bertz CT molecular complexity index is 973. The number of benzene rings is 2. The third kappa shape index (κ3) is 4.24. The van der Waals surface area contributed by atoms with Crippen LogP contribution in [0.15, 0.2) is 53.7 Å². The molecule has 0 unspecified atom stereocenters. The van der Waals surface area contributed by atoms with Gasteiger partial charge in [-0.25, -0.2) is 4.98 Å². The third-order valence-electron chi connectivity index (χ3n) is 5.80. The molecule has 0 aliphatic carbocycles. The predicted molar refractivity (Wildman–Crippen MR) is 116 cm³/mol. The summed E-state index contributed by atoms with van der Waals surface area (Å²) >= 11 is 1.67. The second-order valence-electron chi connectivity index (χ2n) is 7.78. The fourth-order valence-electron chi connectivity index (χ4n) is 4.10. The molecule has 2 aliphatic rings. The zero-order valence-corrected chi connectivity index (χ0v) is 17.6. The van der Waals surface area contributed by atoms with Crippen LogP contribution in [-0.4, -0.2) is 53.4 Å². The molecule has 0 spiro atoms. The Morgan fingerprint density at radius 1 is 1.07 bits per heavy atom. The van der Waals surface area contributed by atoms with E-state index in [-0.39, 0.29) is 12.2 Å². The van der Waals surface area contributed by atoms with Crippen molar-refractivity contribution in [2.75, 3.05) is 26.3 Å². The molecule has 5 rings (SSSR count). The Morgan fingerprint density at radius 2 is 1.80 bits per heavy atom. The van der Waals surface area contributed by atoms with E-state index in [1.165, 1.54) is 5.56 Å². The van der Waals surface area contributed by atoms with E-state index in [1.54, 1.807) is 11.8 Å². The van der Waals surface area contributed by atoms with Gasteiger partial charge < -0.3 is 19.4 Å². The second kappa shape index (κ2) is 8.79. The maximum absolute atomic E-state index is 12.9. The number of carbonyl (C=O) groups excluding carboxylic acids is 1. The summed E-state index contributed by atoms with van der Waals surface area (Å²) in [6, 6.07) is 16.0. The first-order chi connectivity index (χ1) is 14.8. The Labute approximate surface area is 180 Å². The van der Waals surface area contributed by atoms with E-state index in [0.29, 0.717) is 19.1 Å². The molecule has 1 amide bonds. The van der Waals surface area contributed by atoms with Crippen molar-refractivity contribution in [1.82, 2.24) is 14.9 Å². The fraction of sp³-hybridized carbons (Fsp3) is 0.391. The molecule has 3 aromatic rings. The van der Waals surface area contributed by atoms with Gasteiger partial charge in [0, 0.05) is 30.3 Å². The number of H-pyrrole nitrogens is 1.